The number of thiazole rings is 1. The van der Waals surface area contributed by atoms with Crippen LogP contribution < -0.4 is 10.9 Å². The van der Waals surface area contributed by atoms with Gasteiger partial charge in [0.15, 0.2) is 10.9 Å². The summed E-state index contributed by atoms with van der Waals surface area (Å²) in [7, 11) is 0. The van der Waals surface area contributed by atoms with Crippen molar-refractivity contribution in [1.82, 2.24) is 9.55 Å². The van der Waals surface area contributed by atoms with E-state index in [0.29, 0.717) is 15.7 Å². The lowest BCUT2D eigenvalue weighted by atomic mass is 10.0. The third-order valence-electron chi connectivity index (χ3n) is 4.41. The Morgan fingerprint density at radius 1 is 1.11 bits per heavy atom. The molecule has 1 N–H and O–H groups in total. The van der Waals surface area contributed by atoms with Gasteiger partial charge in [-0.15, -0.1) is 0 Å². The van der Waals surface area contributed by atoms with Crippen molar-refractivity contribution in [2.75, 3.05) is 5.32 Å². The largest absolute Gasteiger partial charge is 0.300 e. The molecule has 1 amide bonds. The number of nitrogens with zero attached hydrogens (tertiary/aromatic N) is 2. The number of pyridine rings is 1. The average Bonchev–Trinajstić information content (AvgIpc) is 2.91. The Labute approximate surface area is 160 Å². The highest BCUT2D eigenvalue weighted by Gasteiger charge is 2.16. The lowest BCUT2D eigenvalue weighted by Crippen LogP contribution is -2.28. The van der Waals surface area contributed by atoms with Gasteiger partial charge in [0.1, 0.15) is 6.54 Å². The van der Waals surface area contributed by atoms with E-state index in [1.165, 1.54) is 11.5 Å². The van der Waals surface area contributed by atoms with Crippen molar-refractivity contribution >= 4 is 39.1 Å². The molecule has 2 aromatic heterocycles. The Morgan fingerprint density at radius 2 is 1.81 bits per heavy atom. The predicted octanol–water partition coefficient (Wildman–Crippen LogP) is 3.53. The van der Waals surface area contributed by atoms with Gasteiger partial charge < -0.3 is 5.32 Å². The molecule has 0 radical (unpaired) electrons. The molecule has 0 aliphatic carbocycles. The first-order valence-corrected chi connectivity index (χ1v) is 9.38. The van der Waals surface area contributed by atoms with E-state index in [1.807, 2.05) is 32.9 Å². The van der Waals surface area contributed by atoms with Crippen LogP contribution in [-0.2, 0) is 11.3 Å². The third kappa shape index (κ3) is 3.68. The molecule has 140 valence electrons. The summed E-state index contributed by atoms with van der Waals surface area (Å²) in [5.41, 5.74) is 4.07. The van der Waals surface area contributed by atoms with Crippen molar-refractivity contribution in [2.24, 2.45) is 0 Å². The number of aromatic nitrogens is 2. The Morgan fingerprint density at radius 3 is 2.44 bits per heavy atom. The van der Waals surface area contributed by atoms with E-state index in [9.17, 15) is 14.4 Å². The number of ketones is 1. The van der Waals surface area contributed by atoms with E-state index in [4.69, 9.17) is 0 Å². The number of aryl methyl sites for hydroxylation is 4. The van der Waals surface area contributed by atoms with Crippen molar-refractivity contribution in [3.05, 3.63) is 55.8 Å². The van der Waals surface area contributed by atoms with Crippen LogP contribution >= 0.6 is 11.3 Å². The Bertz CT molecular complexity index is 1140. The number of hydrogen-bond donors (Lipinski definition) is 1. The zero-order valence-corrected chi connectivity index (χ0v) is 16.8. The Kier molecular flexibility index (Phi) is 4.97. The second kappa shape index (κ2) is 7.08. The third-order valence-corrected chi connectivity index (χ3v) is 5.58. The zero-order chi connectivity index (χ0) is 19.9. The molecule has 0 aliphatic rings. The predicted molar refractivity (Wildman–Crippen MR) is 108 cm³/mol. The van der Waals surface area contributed by atoms with Crippen LogP contribution in [0.4, 0.5) is 5.13 Å². The van der Waals surface area contributed by atoms with Gasteiger partial charge in [-0.1, -0.05) is 23.0 Å². The fourth-order valence-electron chi connectivity index (χ4n) is 3.31. The maximum Gasteiger partial charge on any atom is 0.251 e. The van der Waals surface area contributed by atoms with Crippen molar-refractivity contribution < 1.29 is 9.59 Å². The minimum Gasteiger partial charge on any atom is -0.300 e. The summed E-state index contributed by atoms with van der Waals surface area (Å²) < 4.78 is 1.48. The number of Topliss-reactive ketones (excluding diaryl/α,β-unsaturated/α-hetero) is 1. The highest BCUT2D eigenvalue weighted by Crippen LogP contribution is 2.24. The molecular formula is C20H21N3O3S. The van der Waals surface area contributed by atoms with Crippen LogP contribution in [0.25, 0.3) is 10.9 Å². The number of hydrogen-bond acceptors (Lipinski definition) is 5. The van der Waals surface area contributed by atoms with Gasteiger partial charge in [-0.3, -0.25) is 19.0 Å². The fourth-order valence-corrected chi connectivity index (χ4v) is 4.18. The summed E-state index contributed by atoms with van der Waals surface area (Å²) >= 11 is 1.14. The van der Waals surface area contributed by atoms with E-state index in [1.54, 1.807) is 13.0 Å². The minimum atomic E-state index is -0.355. The van der Waals surface area contributed by atoms with E-state index in [-0.39, 0.29) is 23.8 Å². The lowest BCUT2D eigenvalue weighted by molar-refractivity contribution is -0.116. The van der Waals surface area contributed by atoms with E-state index < -0.39 is 0 Å². The molecule has 7 heteroatoms. The van der Waals surface area contributed by atoms with Crippen LogP contribution in [0.1, 0.15) is 39.0 Å². The van der Waals surface area contributed by atoms with E-state index in [0.717, 1.165) is 38.9 Å². The quantitative estimate of drug-likeness (QED) is 0.699. The molecule has 0 atom stereocenters. The van der Waals surface area contributed by atoms with Crippen LogP contribution in [0.2, 0.25) is 0 Å². The summed E-state index contributed by atoms with van der Waals surface area (Å²) in [6.07, 6.45) is 0. The first-order valence-electron chi connectivity index (χ1n) is 8.57. The Hall–Kier alpha value is -2.80. The molecular weight excluding hydrogens is 362 g/mol. The molecule has 3 rings (SSSR count). The summed E-state index contributed by atoms with van der Waals surface area (Å²) in [6, 6.07) is 5.57. The minimum absolute atomic E-state index is 0.0859. The van der Waals surface area contributed by atoms with Crippen LogP contribution in [0, 0.1) is 27.7 Å². The number of carbonyl (C=O) groups is 2. The maximum absolute atomic E-state index is 12.6. The van der Waals surface area contributed by atoms with Crippen molar-refractivity contribution in [2.45, 2.75) is 41.2 Å². The SMILES string of the molecule is CC(=O)c1sc(NC(=O)Cn2c(=O)cc(C)c3cc(C)cc(C)c32)nc1C. The summed E-state index contributed by atoms with van der Waals surface area (Å²) in [4.78, 5) is 41.4. The van der Waals surface area contributed by atoms with Gasteiger partial charge in [0.25, 0.3) is 5.56 Å². The van der Waals surface area contributed by atoms with Gasteiger partial charge in [0, 0.05) is 18.4 Å². The first kappa shape index (κ1) is 19.0. The molecule has 6 nitrogen and oxygen atoms in total. The van der Waals surface area contributed by atoms with Gasteiger partial charge in [0.05, 0.1) is 16.1 Å². The monoisotopic (exact) mass is 383 g/mol. The second-order valence-electron chi connectivity index (χ2n) is 6.77. The summed E-state index contributed by atoms with van der Waals surface area (Å²) in [5.74, 6) is -0.441. The van der Waals surface area contributed by atoms with Gasteiger partial charge in [-0.05, 0) is 44.9 Å². The standard InChI is InChI=1S/C20H21N3O3S/c1-10-6-12(3)18-15(7-10)11(2)8-17(26)23(18)9-16(25)22-20-21-13(4)19(27-20)14(5)24/h6-8H,9H2,1-5H3,(H,21,22,25). The van der Waals surface area contributed by atoms with Crippen molar-refractivity contribution in [1.29, 1.82) is 0 Å². The molecule has 3 aromatic rings. The number of carbonyl (C=O) groups excluding carboxylic acids is 2. The number of benzene rings is 1. The molecule has 0 fully saturated rings. The molecule has 0 saturated carbocycles. The zero-order valence-electron chi connectivity index (χ0n) is 16.0. The number of anilines is 1. The fraction of sp³-hybridized carbons (Fsp3) is 0.300. The normalized spacial score (nSPS) is 11.0. The molecule has 0 spiro atoms. The van der Waals surface area contributed by atoms with E-state index in [2.05, 4.69) is 10.3 Å². The van der Waals surface area contributed by atoms with Crippen molar-refractivity contribution in [3.8, 4) is 0 Å². The lowest BCUT2D eigenvalue weighted by Gasteiger charge is -2.14. The molecule has 0 saturated heterocycles. The molecule has 27 heavy (non-hydrogen) atoms. The molecule has 0 aliphatic heterocycles. The van der Waals surface area contributed by atoms with Gasteiger partial charge in [-0.2, -0.15) is 0 Å². The first-order chi connectivity index (χ1) is 12.7. The maximum atomic E-state index is 12.6. The van der Waals surface area contributed by atoms with Crippen LogP contribution in [-0.4, -0.2) is 21.2 Å². The summed E-state index contributed by atoms with van der Waals surface area (Å²) in [6.45, 7) is 8.92. The molecule has 2 heterocycles. The van der Waals surface area contributed by atoms with Crippen LogP contribution in [0.15, 0.2) is 23.0 Å². The molecule has 0 unspecified atom stereocenters. The second-order valence-corrected chi connectivity index (χ2v) is 7.77. The summed E-state index contributed by atoms with van der Waals surface area (Å²) in [5, 5.41) is 4.02. The number of amides is 1. The van der Waals surface area contributed by atoms with Crippen molar-refractivity contribution in [3.63, 3.8) is 0 Å². The Balaban J connectivity index is 1.97. The smallest absolute Gasteiger partial charge is 0.251 e. The highest BCUT2D eigenvalue weighted by atomic mass is 32.1. The van der Waals surface area contributed by atoms with Gasteiger partial charge in [0.2, 0.25) is 5.91 Å². The van der Waals surface area contributed by atoms with Gasteiger partial charge in [-0.25, -0.2) is 4.98 Å². The topological polar surface area (TPSA) is 81.1 Å². The number of nitrogens with one attached hydrogen (secondary N) is 1. The highest BCUT2D eigenvalue weighted by molar-refractivity contribution is 7.17. The molecule has 1 aromatic carbocycles. The van der Waals surface area contributed by atoms with E-state index >= 15 is 0 Å². The van der Waals surface area contributed by atoms with Crippen LogP contribution in [0.5, 0.6) is 0 Å². The van der Waals surface area contributed by atoms with Gasteiger partial charge >= 0.3 is 0 Å². The number of fused-ring (bicyclic) bond motifs is 1. The van der Waals surface area contributed by atoms with Crippen LogP contribution in [0.3, 0.4) is 0 Å². The average molecular weight is 383 g/mol. The number of rotatable bonds is 4. The molecule has 0 bridgehead atoms.